The van der Waals surface area contributed by atoms with Crippen molar-refractivity contribution in [3.63, 3.8) is 0 Å². The van der Waals surface area contributed by atoms with Crippen molar-refractivity contribution >= 4 is 15.9 Å². The summed E-state index contributed by atoms with van der Waals surface area (Å²) in [6, 6.07) is 0.456. The summed E-state index contributed by atoms with van der Waals surface area (Å²) in [5.41, 5.74) is 3.06. The molecule has 1 heterocycles. The van der Waals surface area contributed by atoms with E-state index in [0.717, 1.165) is 34.1 Å². The number of halogens is 1. The normalized spacial score (nSPS) is 19.5. The molecule has 0 bridgehead atoms. The van der Waals surface area contributed by atoms with Gasteiger partial charge < -0.3 is 15.2 Å². The molecule has 106 valence electrons. The van der Waals surface area contributed by atoms with Gasteiger partial charge in [-0.1, -0.05) is 22.4 Å². The number of rotatable bonds is 3. The number of aromatic hydroxyl groups is 1. The molecule has 0 aliphatic carbocycles. The standard InChI is InChI=1S/C15H22BrNO2/c1-9-12(8-11-6-4-5-7-17-11)14(18)15(19-3)10(2)13(9)16/h11,17-18H,4-8H2,1-3H3. The first-order valence-corrected chi connectivity index (χ1v) is 7.63. The van der Waals surface area contributed by atoms with Crippen molar-refractivity contribution in [1.29, 1.82) is 0 Å². The number of ether oxygens (including phenoxy) is 1. The molecule has 3 nitrogen and oxygen atoms in total. The maximum atomic E-state index is 10.4. The molecule has 1 aromatic carbocycles. The number of methoxy groups -OCH3 is 1. The topological polar surface area (TPSA) is 41.5 Å². The van der Waals surface area contributed by atoms with E-state index in [1.807, 2.05) is 6.92 Å². The van der Waals surface area contributed by atoms with Crippen LogP contribution in [0.15, 0.2) is 4.47 Å². The predicted molar refractivity (Wildman–Crippen MR) is 81.2 cm³/mol. The molecule has 4 heteroatoms. The van der Waals surface area contributed by atoms with Crippen LogP contribution in [-0.4, -0.2) is 24.8 Å². The minimum Gasteiger partial charge on any atom is -0.504 e. The molecule has 0 saturated carbocycles. The SMILES string of the molecule is COc1c(C)c(Br)c(C)c(CC2CCCCN2)c1O. The summed E-state index contributed by atoms with van der Waals surface area (Å²) in [6.07, 6.45) is 4.55. The van der Waals surface area contributed by atoms with Crippen LogP contribution in [0.2, 0.25) is 0 Å². The molecule has 2 N–H and O–H groups in total. The molecule has 19 heavy (non-hydrogen) atoms. The van der Waals surface area contributed by atoms with E-state index in [1.165, 1.54) is 19.3 Å². The van der Waals surface area contributed by atoms with Crippen LogP contribution in [-0.2, 0) is 6.42 Å². The molecule has 0 spiro atoms. The van der Waals surface area contributed by atoms with E-state index in [1.54, 1.807) is 7.11 Å². The van der Waals surface area contributed by atoms with Crippen LogP contribution in [0.5, 0.6) is 11.5 Å². The highest BCUT2D eigenvalue weighted by molar-refractivity contribution is 9.10. The minimum absolute atomic E-state index is 0.299. The molecular weight excluding hydrogens is 306 g/mol. The Bertz CT molecular complexity index is 468. The number of phenolic OH excluding ortho intramolecular Hbond substituents is 1. The zero-order chi connectivity index (χ0) is 14.0. The molecule has 1 atom stereocenters. The van der Waals surface area contributed by atoms with Gasteiger partial charge in [0, 0.05) is 21.6 Å². The highest BCUT2D eigenvalue weighted by atomic mass is 79.9. The van der Waals surface area contributed by atoms with Crippen LogP contribution in [0.25, 0.3) is 0 Å². The van der Waals surface area contributed by atoms with Gasteiger partial charge >= 0.3 is 0 Å². The van der Waals surface area contributed by atoms with Gasteiger partial charge in [-0.25, -0.2) is 0 Å². The van der Waals surface area contributed by atoms with Gasteiger partial charge in [0.05, 0.1) is 7.11 Å². The van der Waals surface area contributed by atoms with E-state index in [9.17, 15) is 5.11 Å². The number of hydrogen-bond acceptors (Lipinski definition) is 3. The van der Waals surface area contributed by atoms with E-state index in [2.05, 4.69) is 28.2 Å². The lowest BCUT2D eigenvalue weighted by Crippen LogP contribution is -2.35. The summed E-state index contributed by atoms with van der Waals surface area (Å²) in [5, 5.41) is 14.0. The Morgan fingerprint density at radius 3 is 2.63 bits per heavy atom. The third-order valence-corrected chi connectivity index (χ3v) is 5.21. The zero-order valence-electron chi connectivity index (χ0n) is 11.8. The van der Waals surface area contributed by atoms with Crippen molar-refractivity contribution in [3.8, 4) is 11.5 Å². The van der Waals surface area contributed by atoms with Gasteiger partial charge in [-0.15, -0.1) is 0 Å². The molecule has 1 saturated heterocycles. The summed E-state index contributed by atoms with van der Waals surface area (Å²) in [7, 11) is 1.60. The number of benzene rings is 1. The van der Waals surface area contributed by atoms with E-state index >= 15 is 0 Å². The highest BCUT2D eigenvalue weighted by Crippen LogP contribution is 2.41. The lowest BCUT2D eigenvalue weighted by Gasteiger charge is -2.25. The van der Waals surface area contributed by atoms with Gasteiger partial charge in [0.2, 0.25) is 0 Å². The number of phenols is 1. The Hall–Kier alpha value is -0.740. The molecule has 1 fully saturated rings. The van der Waals surface area contributed by atoms with E-state index in [4.69, 9.17) is 4.74 Å². The summed E-state index contributed by atoms with van der Waals surface area (Å²) in [6.45, 7) is 5.08. The molecule has 0 amide bonds. The van der Waals surface area contributed by atoms with E-state index in [-0.39, 0.29) is 0 Å². The number of piperidine rings is 1. The monoisotopic (exact) mass is 327 g/mol. The Labute approximate surface area is 123 Å². The summed E-state index contributed by atoms with van der Waals surface area (Å²) < 4.78 is 6.38. The minimum atomic E-state index is 0.299. The van der Waals surface area contributed by atoms with Gasteiger partial charge in [0.25, 0.3) is 0 Å². The van der Waals surface area contributed by atoms with Gasteiger partial charge in [-0.05, 0) is 45.2 Å². The predicted octanol–water partition coefficient (Wildman–Crippen LogP) is 3.46. The average molecular weight is 328 g/mol. The van der Waals surface area contributed by atoms with Crippen LogP contribution < -0.4 is 10.1 Å². The van der Waals surface area contributed by atoms with E-state index < -0.39 is 0 Å². The Morgan fingerprint density at radius 1 is 1.32 bits per heavy atom. The van der Waals surface area contributed by atoms with Gasteiger partial charge in [0.1, 0.15) is 0 Å². The molecule has 0 radical (unpaired) electrons. The lowest BCUT2D eigenvalue weighted by molar-refractivity contribution is 0.359. The summed E-state index contributed by atoms with van der Waals surface area (Å²) in [4.78, 5) is 0. The van der Waals surface area contributed by atoms with Crippen molar-refractivity contribution in [3.05, 3.63) is 21.2 Å². The second kappa shape index (κ2) is 6.14. The second-order valence-corrected chi connectivity index (χ2v) is 6.07. The molecule has 0 aromatic heterocycles. The lowest BCUT2D eigenvalue weighted by atomic mass is 9.93. The van der Waals surface area contributed by atoms with Crippen LogP contribution in [0.1, 0.15) is 36.0 Å². The van der Waals surface area contributed by atoms with Crippen LogP contribution in [0.4, 0.5) is 0 Å². The first-order chi connectivity index (χ1) is 9.06. The van der Waals surface area contributed by atoms with Gasteiger partial charge in [-0.2, -0.15) is 0 Å². The maximum absolute atomic E-state index is 10.4. The average Bonchev–Trinajstić information content (AvgIpc) is 2.43. The van der Waals surface area contributed by atoms with Gasteiger partial charge in [-0.3, -0.25) is 0 Å². The summed E-state index contributed by atoms with van der Waals surface area (Å²) >= 11 is 3.61. The Kier molecular flexibility index (Phi) is 4.74. The van der Waals surface area contributed by atoms with Crippen LogP contribution >= 0.6 is 15.9 Å². The fraction of sp³-hybridized carbons (Fsp3) is 0.600. The number of nitrogens with one attached hydrogen (secondary N) is 1. The first kappa shape index (κ1) is 14.7. The smallest absolute Gasteiger partial charge is 0.164 e. The largest absolute Gasteiger partial charge is 0.504 e. The molecule has 1 unspecified atom stereocenters. The molecular formula is C15H22BrNO2. The van der Waals surface area contributed by atoms with Crippen LogP contribution in [0, 0.1) is 13.8 Å². The van der Waals surface area contributed by atoms with Gasteiger partial charge in [0.15, 0.2) is 11.5 Å². The first-order valence-electron chi connectivity index (χ1n) is 6.84. The molecule has 1 aromatic rings. The fourth-order valence-electron chi connectivity index (χ4n) is 2.85. The zero-order valence-corrected chi connectivity index (χ0v) is 13.4. The highest BCUT2D eigenvalue weighted by Gasteiger charge is 2.22. The third kappa shape index (κ3) is 2.90. The fourth-order valence-corrected chi connectivity index (χ4v) is 3.27. The third-order valence-electron chi connectivity index (χ3n) is 4.02. The quantitative estimate of drug-likeness (QED) is 0.893. The Balaban J connectivity index is 2.35. The maximum Gasteiger partial charge on any atom is 0.164 e. The summed E-state index contributed by atoms with van der Waals surface area (Å²) in [5.74, 6) is 0.886. The van der Waals surface area contributed by atoms with Crippen molar-refractivity contribution in [2.45, 2.75) is 45.6 Å². The van der Waals surface area contributed by atoms with Crippen molar-refractivity contribution < 1.29 is 9.84 Å². The van der Waals surface area contributed by atoms with E-state index in [0.29, 0.717) is 17.5 Å². The molecule has 2 rings (SSSR count). The van der Waals surface area contributed by atoms with Crippen molar-refractivity contribution in [1.82, 2.24) is 5.32 Å². The molecule has 1 aliphatic rings. The number of hydrogen-bond donors (Lipinski definition) is 2. The van der Waals surface area contributed by atoms with Crippen LogP contribution in [0.3, 0.4) is 0 Å². The molecule has 1 aliphatic heterocycles. The van der Waals surface area contributed by atoms with Crippen molar-refractivity contribution in [2.75, 3.05) is 13.7 Å². The van der Waals surface area contributed by atoms with Crippen molar-refractivity contribution in [2.24, 2.45) is 0 Å². The second-order valence-electron chi connectivity index (χ2n) is 5.28. The Morgan fingerprint density at radius 2 is 2.05 bits per heavy atom.